The molecule has 5 rings (SSSR count). The maximum absolute atomic E-state index is 15.1. The highest BCUT2D eigenvalue weighted by Gasteiger charge is 2.24. The van der Waals surface area contributed by atoms with Gasteiger partial charge in [0.15, 0.2) is 11.6 Å². The number of benzene rings is 2. The molecule has 2 amide bonds. The number of nitro benzene ring substituents is 1. The van der Waals surface area contributed by atoms with Gasteiger partial charge in [-0.2, -0.15) is 0 Å². The van der Waals surface area contributed by atoms with Crippen LogP contribution < -0.4 is 21.3 Å². The first kappa shape index (κ1) is 27.1. The quantitative estimate of drug-likeness (QED) is 0.154. The van der Waals surface area contributed by atoms with Gasteiger partial charge in [-0.25, -0.2) is 4.39 Å². The molecule has 1 saturated heterocycles. The number of hydrogen-bond acceptors (Lipinski definition) is 11. The van der Waals surface area contributed by atoms with E-state index in [1.165, 1.54) is 24.5 Å². The molecule has 4 N–H and O–H groups in total. The van der Waals surface area contributed by atoms with Crippen LogP contribution in [0, 0.1) is 15.9 Å². The highest BCUT2D eigenvalue weighted by atomic mass is 19.1. The lowest BCUT2D eigenvalue weighted by Gasteiger charge is -2.36. The highest BCUT2D eigenvalue weighted by molar-refractivity contribution is 6.01. The van der Waals surface area contributed by atoms with Crippen LogP contribution in [0.3, 0.4) is 0 Å². The van der Waals surface area contributed by atoms with Crippen molar-refractivity contribution in [2.45, 2.75) is 6.54 Å². The molecular weight excluding hydrogens is 539 g/mol. The lowest BCUT2D eigenvalue weighted by atomic mass is 10.1. The molecule has 14 nitrogen and oxygen atoms in total. The van der Waals surface area contributed by atoms with Crippen LogP contribution in [0.25, 0.3) is 11.3 Å². The zero-order valence-electron chi connectivity index (χ0n) is 21.6. The summed E-state index contributed by atoms with van der Waals surface area (Å²) in [7, 11) is 0. The number of piperazine rings is 1. The monoisotopic (exact) mass is 564 g/mol. The lowest BCUT2D eigenvalue weighted by molar-refractivity contribution is -0.384. The van der Waals surface area contributed by atoms with Crippen LogP contribution in [0.4, 0.5) is 27.3 Å². The lowest BCUT2D eigenvalue weighted by Crippen LogP contribution is -2.51. The molecule has 0 aliphatic carbocycles. The minimum Gasteiger partial charge on any atom is -0.398 e. The number of rotatable bonds is 9. The Bertz CT molecular complexity index is 1570. The van der Waals surface area contributed by atoms with Crippen molar-refractivity contribution in [2.24, 2.45) is 0 Å². The molecule has 0 radical (unpaired) electrons. The average Bonchev–Trinajstić information content (AvgIpc) is 3.67. The fourth-order valence-electron chi connectivity index (χ4n) is 4.35. The van der Waals surface area contributed by atoms with Crippen LogP contribution in [-0.4, -0.2) is 64.7 Å². The third kappa shape index (κ3) is 6.24. The number of carbonyl (C=O) groups excluding carboxylic acids is 2. The van der Waals surface area contributed by atoms with Gasteiger partial charge in [-0.3, -0.25) is 19.7 Å². The largest absolute Gasteiger partial charge is 0.398 e. The molecular formula is C26H25FN8O6. The molecule has 1 aliphatic heterocycles. The van der Waals surface area contributed by atoms with E-state index in [9.17, 15) is 19.7 Å². The number of nitrogens with one attached hydrogen (secondary N) is 2. The summed E-state index contributed by atoms with van der Waals surface area (Å²) >= 11 is 0. The standard InChI is InChI=1S/C26H25FN8O6/c27-20-11-16(22-13-18(41-31-22)14-29-24-5-10-40-32-24)1-4-23(20)33-6-8-34(9-7-33)25(36)15-30-26(37)19-12-17(35(38)39)2-3-21(19)28/h1-5,10-13H,6-9,14-15,28H2,(H,29,32)(H,30,37). The second-order valence-corrected chi connectivity index (χ2v) is 9.16. The molecule has 2 aromatic heterocycles. The van der Waals surface area contributed by atoms with E-state index < -0.39 is 16.6 Å². The molecule has 0 atom stereocenters. The minimum absolute atomic E-state index is 0.0613. The first-order valence-corrected chi connectivity index (χ1v) is 12.5. The Kier molecular flexibility index (Phi) is 7.76. The molecule has 4 aromatic rings. The van der Waals surface area contributed by atoms with E-state index >= 15 is 4.39 Å². The van der Waals surface area contributed by atoms with E-state index in [-0.39, 0.29) is 29.4 Å². The smallest absolute Gasteiger partial charge is 0.270 e. The van der Waals surface area contributed by atoms with Crippen LogP contribution >= 0.6 is 0 Å². The van der Waals surface area contributed by atoms with Crippen LogP contribution in [-0.2, 0) is 11.3 Å². The summed E-state index contributed by atoms with van der Waals surface area (Å²) in [5.74, 6) is -0.369. The highest BCUT2D eigenvalue weighted by Crippen LogP contribution is 2.27. The molecule has 3 heterocycles. The molecule has 41 heavy (non-hydrogen) atoms. The zero-order chi connectivity index (χ0) is 28.9. The number of nitrogen functional groups attached to an aromatic ring is 1. The molecule has 1 aliphatic rings. The summed E-state index contributed by atoms with van der Waals surface area (Å²) < 4.78 is 25.2. The Hall–Kier alpha value is -5.47. The predicted molar refractivity (Wildman–Crippen MR) is 144 cm³/mol. The molecule has 15 heteroatoms. The average molecular weight is 565 g/mol. The topological polar surface area (TPSA) is 186 Å². The molecule has 0 bridgehead atoms. The number of carbonyl (C=O) groups is 2. The fraction of sp³-hybridized carbons (Fsp3) is 0.231. The van der Waals surface area contributed by atoms with Gasteiger partial charge in [0.2, 0.25) is 5.91 Å². The van der Waals surface area contributed by atoms with E-state index in [2.05, 4.69) is 20.9 Å². The van der Waals surface area contributed by atoms with Crippen LogP contribution in [0.5, 0.6) is 0 Å². The predicted octanol–water partition coefficient (Wildman–Crippen LogP) is 2.65. The number of nitro groups is 1. The first-order valence-electron chi connectivity index (χ1n) is 12.5. The van der Waals surface area contributed by atoms with Crippen molar-refractivity contribution in [3.05, 3.63) is 82.0 Å². The van der Waals surface area contributed by atoms with E-state index in [0.29, 0.717) is 61.2 Å². The Balaban J connectivity index is 1.13. The third-order valence-corrected chi connectivity index (χ3v) is 6.55. The maximum Gasteiger partial charge on any atom is 0.270 e. The Labute approximate surface area is 232 Å². The van der Waals surface area contributed by atoms with Crippen molar-refractivity contribution < 1.29 is 27.9 Å². The van der Waals surface area contributed by atoms with Crippen molar-refractivity contribution >= 4 is 34.7 Å². The molecule has 0 spiro atoms. The van der Waals surface area contributed by atoms with Crippen molar-refractivity contribution in [2.75, 3.05) is 48.7 Å². The van der Waals surface area contributed by atoms with Gasteiger partial charge in [0.05, 0.1) is 29.3 Å². The Morgan fingerprint density at radius 2 is 1.88 bits per heavy atom. The molecule has 2 aromatic carbocycles. The van der Waals surface area contributed by atoms with E-state index in [4.69, 9.17) is 14.8 Å². The number of hydrogen-bond donors (Lipinski definition) is 3. The van der Waals surface area contributed by atoms with Crippen molar-refractivity contribution in [1.29, 1.82) is 0 Å². The number of nitrogens with zero attached hydrogens (tertiary/aromatic N) is 5. The van der Waals surface area contributed by atoms with E-state index in [1.54, 1.807) is 29.2 Å². The van der Waals surface area contributed by atoms with Crippen molar-refractivity contribution in [1.82, 2.24) is 20.5 Å². The van der Waals surface area contributed by atoms with Gasteiger partial charge in [-0.05, 0) is 18.2 Å². The van der Waals surface area contributed by atoms with Crippen molar-refractivity contribution in [3.63, 3.8) is 0 Å². The molecule has 0 saturated carbocycles. The SMILES string of the molecule is Nc1ccc([N+](=O)[O-])cc1C(=O)NCC(=O)N1CCN(c2ccc(-c3cc(CNc4ccon4)on3)cc2F)CC1. The van der Waals surface area contributed by atoms with Gasteiger partial charge in [-0.1, -0.05) is 16.4 Å². The van der Waals surface area contributed by atoms with Gasteiger partial charge in [0, 0.05) is 61.7 Å². The first-order chi connectivity index (χ1) is 19.8. The van der Waals surface area contributed by atoms with Gasteiger partial charge in [-0.15, -0.1) is 0 Å². The summed E-state index contributed by atoms with van der Waals surface area (Å²) in [6, 6.07) is 11.7. The van der Waals surface area contributed by atoms with Gasteiger partial charge in [0.25, 0.3) is 11.6 Å². The maximum atomic E-state index is 15.1. The van der Waals surface area contributed by atoms with E-state index in [0.717, 1.165) is 6.07 Å². The Morgan fingerprint density at radius 3 is 2.59 bits per heavy atom. The number of anilines is 3. The van der Waals surface area contributed by atoms with Gasteiger partial charge < -0.3 is 35.2 Å². The van der Waals surface area contributed by atoms with Crippen LogP contribution in [0.1, 0.15) is 16.1 Å². The van der Waals surface area contributed by atoms with Crippen LogP contribution in [0.2, 0.25) is 0 Å². The number of amides is 2. The summed E-state index contributed by atoms with van der Waals surface area (Å²) in [5, 5.41) is 24.2. The number of non-ortho nitro benzene ring substituents is 1. The van der Waals surface area contributed by atoms with Gasteiger partial charge in [0.1, 0.15) is 17.8 Å². The van der Waals surface area contributed by atoms with Crippen LogP contribution in [0.15, 0.2) is 63.8 Å². The van der Waals surface area contributed by atoms with Crippen molar-refractivity contribution in [3.8, 4) is 11.3 Å². The fourth-order valence-corrected chi connectivity index (χ4v) is 4.35. The second-order valence-electron chi connectivity index (χ2n) is 9.16. The molecule has 212 valence electrons. The number of nitrogens with two attached hydrogens (primary N) is 1. The summed E-state index contributed by atoms with van der Waals surface area (Å²) in [6.07, 6.45) is 1.44. The Morgan fingerprint density at radius 1 is 1.07 bits per heavy atom. The summed E-state index contributed by atoms with van der Waals surface area (Å²) in [4.78, 5) is 38.9. The summed E-state index contributed by atoms with van der Waals surface area (Å²) in [6.45, 7) is 1.43. The normalized spacial score (nSPS) is 13.2. The second kappa shape index (κ2) is 11.7. The number of halogens is 1. The van der Waals surface area contributed by atoms with E-state index in [1.807, 2.05) is 4.90 Å². The minimum atomic E-state index is -0.689. The molecule has 0 unspecified atom stereocenters. The summed E-state index contributed by atoms with van der Waals surface area (Å²) in [5.41, 5.74) is 6.89. The molecule has 1 fully saturated rings. The number of aromatic nitrogens is 2. The zero-order valence-corrected chi connectivity index (χ0v) is 21.6. The third-order valence-electron chi connectivity index (χ3n) is 6.55. The van der Waals surface area contributed by atoms with Gasteiger partial charge >= 0.3 is 0 Å².